The van der Waals surface area contributed by atoms with Crippen LogP contribution in [0.15, 0.2) is 12.1 Å². The van der Waals surface area contributed by atoms with E-state index in [1.807, 2.05) is 0 Å². The summed E-state index contributed by atoms with van der Waals surface area (Å²) in [5.41, 5.74) is 5.66. The number of rotatable bonds is 1. The molecule has 0 aromatic heterocycles. The van der Waals surface area contributed by atoms with E-state index < -0.39 is 11.6 Å². The molecule has 2 nitrogen and oxygen atoms in total. The van der Waals surface area contributed by atoms with Crippen molar-refractivity contribution in [3.05, 3.63) is 29.3 Å². The van der Waals surface area contributed by atoms with E-state index in [-0.39, 0.29) is 16.5 Å². The molecular weight excluding hydrogens is 230 g/mol. The predicted octanol–water partition coefficient (Wildman–Crippen LogP) is 2.31. The van der Waals surface area contributed by atoms with E-state index in [0.29, 0.717) is 6.54 Å². The zero-order valence-electron chi connectivity index (χ0n) is 8.80. The van der Waals surface area contributed by atoms with Crippen molar-refractivity contribution < 1.29 is 8.78 Å². The number of nitrogen functional groups attached to an aromatic ring is 1. The molecule has 1 saturated heterocycles. The summed E-state index contributed by atoms with van der Waals surface area (Å²) in [4.78, 5) is 0. The smallest absolute Gasteiger partial charge is 0.132 e. The normalized spacial score (nSPS) is 21.8. The number of thioether (sulfide) groups is 1. The molecule has 1 heterocycles. The van der Waals surface area contributed by atoms with E-state index in [2.05, 4.69) is 5.32 Å². The number of hydrogen-bond donors (Lipinski definition) is 2. The topological polar surface area (TPSA) is 38.0 Å². The Labute approximate surface area is 97.6 Å². The van der Waals surface area contributed by atoms with Crippen molar-refractivity contribution in [3.8, 4) is 0 Å². The van der Waals surface area contributed by atoms with Gasteiger partial charge in [-0.1, -0.05) is 0 Å². The highest BCUT2D eigenvalue weighted by atomic mass is 32.2. The minimum absolute atomic E-state index is 0.130. The fourth-order valence-electron chi connectivity index (χ4n) is 1.81. The lowest BCUT2D eigenvalue weighted by atomic mass is 10.1. The summed E-state index contributed by atoms with van der Waals surface area (Å²) in [5.74, 6) is -0.168. The van der Waals surface area contributed by atoms with Gasteiger partial charge in [0.1, 0.15) is 11.6 Å². The van der Waals surface area contributed by atoms with E-state index in [4.69, 9.17) is 5.73 Å². The molecule has 0 aliphatic carbocycles. The standard InChI is InChI=1S/C11H14F2N2S/c12-8-4-7(14)5-9(13)11(8)10-6-15-2-1-3-16-10/h4-5,10,15H,1-3,6,14H2. The van der Waals surface area contributed by atoms with Gasteiger partial charge in [0.15, 0.2) is 0 Å². The molecule has 1 aliphatic heterocycles. The first-order valence-corrected chi connectivity index (χ1v) is 6.30. The number of anilines is 1. The maximum Gasteiger partial charge on any atom is 0.132 e. The molecule has 2 rings (SSSR count). The Morgan fingerprint density at radius 3 is 2.69 bits per heavy atom. The molecule has 0 amide bonds. The minimum atomic E-state index is -0.543. The highest BCUT2D eigenvalue weighted by Gasteiger charge is 2.22. The van der Waals surface area contributed by atoms with Gasteiger partial charge in [0.25, 0.3) is 0 Å². The third kappa shape index (κ3) is 2.47. The average molecular weight is 244 g/mol. The molecule has 3 N–H and O–H groups in total. The Balaban J connectivity index is 2.31. The fourth-order valence-corrected chi connectivity index (χ4v) is 3.03. The maximum absolute atomic E-state index is 13.7. The van der Waals surface area contributed by atoms with Crippen LogP contribution in [0.4, 0.5) is 14.5 Å². The van der Waals surface area contributed by atoms with E-state index in [0.717, 1.165) is 18.7 Å². The number of hydrogen-bond acceptors (Lipinski definition) is 3. The number of benzene rings is 1. The van der Waals surface area contributed by atoms with E-state index in [9.17, 15) is 8.78 Å². The van der Waals surface area contributed by atoms with Crippen LogP contribution in [0, 0.1) is 11.6 Å². The molecule has 0 radical (unpaired) electrons. The highest BCUT2D eigenvalue weighted by Crippen LogP contribution is 2.34. The van der Waals surface area contributed by atoms with Gasteiger partial charge in [0.2, 0.25) is 0 Å². The third-order valence-corrected chi connectivity index (χ3v) is 3.90. The largest absolute Gasteiger partial charge is 0.399 e. The Morgan fingerprint density at radius 2 is 2.00 bits per heavy atom. The Hall–Kier alpha value is -0.810. The van der Waals surface area contributed by atoms with Crippen LogP contribution in [-0.4, -0.2) is 18.8 Å². The Morgan fingerprint density at radius 1 is 1.31 bits per heavy atom. The van der Waals surface area contributed by atoms with Gasteiger partial charge in [-0.05, 0) is 30.9 Å². The molecule has 1 fully saturated rings. The van der Waals surface area contributed by atoms with Gasteiger partial charge in [-0.2, -0.15) is 11.8 Å². The van der Waals surface area contributed by atoms with Gasteiger partial charge >= 0.3 is 0 Å². The van der Waals surface area contributed by atoms with Crippen molar-refractivity contribution in [1.29, 1.82) is 0 Å². The van der Waals surface area contributed by atoms with Crippen LogP contribution < -0.4 is 11.1 Å². The van der Waals surface area contributed by atoms with Crippen LogP contribution >= 0.6 is 11.8 Å². The van der Waals surface area contributed by atoms with E-state index in [1.54, 1.807) is 11.8 Å². The van der Waals surface area contributed by atoms with Crippen molar-refractivity contribution in [1.82, 2.24) is 5.32 Å². The van der Waals surface area contributed by atoms with Crippen LogP contribution in [0.3, 0.4) is 0 Å². The summed E-state index contributed by atoms with van der Waals surface area (Å²) in [6, 6.07) is 2.37. The van der Waals surface area contributed by atoms with Crippen LogP contribution in [0.1, 0.15) is 17.2 Å². The quantitative estimate of drug-likeness (QED) is 0.745. The van der Waals surface area contributed by atoms with Crippen LogP contribution in [-0.2, 0) is 0 Å². The first-order valence-electron chi connectivity index (χ1n) is 5.25. The molecule has 1 aliphatic rings. The van der Waals surface area contributed by atoms with Crippen molar-refractivity contribution >= 4 is 17.4 Å². The Bertz CT molecular complexity index is 353. The van der Waals surface area contributed by atoms with Crippen molar-refractivity contribution in [2.75, 3.05) is 24.6 Å². The van der Waals surface area contributed by atoms with E-state index >= 15 is 0 Å². The van der Waals surface area contributed by atoms with Crippen molar-refractivity contribution in [3.63, 3.8) is 0 Å². The molecule has 0 bridgehead atoms. The molecule has 1 aromatic rings. The zero-order valence-corrected chi connectivity index (χ0v) is 9.62. The second-order valence-electron chi connectivity index (χ2n) is 3.82. The molecule has 88 valence electrons. The fraction of sp³-hybridized carbons (Fsp3) is 0.455. The maximum atomic E-state index is 13.7. The van der Waals surface area contributed by atoms with Crippen LogP contribution in [0.5, 0.6) is 0 Å². The number of halogens is 2. The van der Waals surface area contributed by atoms with Gasteiger partial charge in [0, 0.05) is 23.0 Å². The van der Waals surface area contributed by atoms with E-state index in [1.165, 1.54) is 12.1 Å². The number of nitrogens with two attached hydrogens (primary N) is 1. The van der Waals surface area contributed by atoms with Gasteiger partial charge < -0.3 is 11.1 Å². The highest BCUT2D eigenvalue weighted by molar-refractivity contribution is 7.99. The van der Waals surface area contributed by atoms with Crippen molar-refractivity contribution in [2.45, 2.75) is 11.7 Å². The third-order valence-electron chi connectivity index (χ3n) is 2.57. The van der Waals surface area contributed by atoms with Crippen LogP contribution in [0.25, 0.3) is 0 Å². The molecular formula is C11H14F2N2S. The molecule has 1 unspecified atom stereocenters. The summed E-state index contributed by atoms with van der Waals surface area (Å²) in [5, 5.41) is 3.02. The summed E-state index contributed by atoms with van der Waals surface area (Å²) >= 11 is 1.59. The lowest BCUT2D eigenvalue weighted by molar-refractivity contribution is 0.546. The molecule has 1 atom stereocenters. The second-order valence-corrected chi connectivity index (χ2v) is 5.13. The monoisotopic (exact) mass is 244 g/mol. The van der Waals surface area contributed by atoms with Crippen LogP contribution in [0.2, 0.25) is 0 Å². The SMILES string of the molecule is Nc1cc(F)c(C2CNCCCS2)c(F)c1. The Kier molecular flexibility index (Phi) is 3.66. The molecule has 0 saturated carbocycles. The summed E-state index contributed by atoms with van der Waals surface area (Å²) < 4.78 is 27.3. The lowest BCUT2D eigenvalue weighted by Crippen LogP contribution is -2.19. The summed E-state index contributed by atoms with van der Waals surface area (Å²) in [7, 11) is 0. The van der Waals surface area contributed by atoms with Crippen molar-refractivity contribution in [2.24, 2.45) is 0 Å². The first kappa shape index (κ1) is 11.7. The second kappa shape index (κ2) is 5.01. The van der Waals surface area contributed by atoms with Gasteiger partial charge in [-0.15, -0.1) is 0 Å². The summed E-state index contributed by atoms with van der Waals surface area (Å²) in [6.45, 7) is 1.50. The van der Waals surface area contributed by atoms with Gasteiger partial charge in [-0.3, -0.25) is 0 Å². The molecule has 0 spiro atoms. The lowest BCUT2D eigenvalue weighted by Gasteiger charge is -2.16. The summed E-state index contributed by atoms with van der Waals surface area (Å²) in [6.07, 6.45) is 1.03. The molecule has 1 aromatic carbocycles. The molecule has 5 heteroatoms. The first-order chi connectivity index (χ1) is 7.68. The molecule has 16 heavy (non-hydrogen) atoms. The number of nitrogens with one attached hydrogen (secondary N) is 1. The van der Waals surface area contributed by atoms with Gasteiger partial charge in [0.05, 0.1) is 0 Å². The zero-order chi connectivity index (χ0) is 11.5. The van der Waals surface area contributed by atoms with Gasteiger partial charge in [-0.25, -0.2) is 8.78 Å². The predicted molar refractivity (Wildman–Crippen MR) is 63.5 cm³/mol. The minimum Gasteiger partial charge on any atom is -0.399 e. The average Bonchev–Trinajstić information content (AvgIpc) is 2.44.